The van der Waals surface area contributed by atoms with Crippen molar-refractivity contribution in [2.45, 2.75) is 46.1 Å². The van der Waals surface area contributed by atoms with Gasteiger partial charge in [-0.3, -0.25) is 0 Å². The number of aromatic nitrogens is 3. The number of likely N-dealkylation sites (tertiary alicyclic amines) is 1. The van der Waals surface area contributed by atoms with Crippen LogP contribution in [-0.4, -0.2) is 44.6 Å². The summed E-state index contributed by atoms with van der Waals surface area (Å²) in [5.41, 5.74) is 0.404. The van der Waals surface area contributed by atoms with E-state index in [2.05, 4.69) is 20.3 Å². The van der Waals surface area contributed by atoms with E-state index in [0.717, 1.165) is 27.3 Å². The van der Waals surface area contributed by atoms with Gasteiger partial charge in [-0.2, -0.15) is 0 Å². The Balaban J connectivity index is 1.65. The summed E-state index contributed by atoms with van der Waals surface area (Å²) in [6.45, 7) is 10.7. The number of nitrogens with one attached hydrogen (secondary N) is 1. The van der Waals surface area contributed by atoms with Crippen LogP contribution in [0.1, 0.15) is 43.1 Å². The van der Waals surface area contributed by atoms with E-state index in [9.17, 15) is 4.79 Å². The fourth-order valence-corrected chi connectivity index (χ4v) is 3.15. The van der Waals surface area contributed by atoms with Crippen molar-refractivity contribution in [3.63, 3.8) is 0 Å². The number of aryl methyl sites for hydroxylation is 2. The number of hydrogen-bond acceptors (Lipinski definition) is 7. The van der Waals surface area contributed by atoms with E-state index >= 15 is 0 Å². The van der Waals surface area contributed by atoms with Gasteiger partial charge >= 0.3 is 6.09 Å². The normalized spacial score (nSPS) is 15.0. The molecule has 1 aliphatic rings. The Hall–Kier alpha value is -2.22. The van der Waals surface area contributed by atoms with Gasteiger partial charge in [0.1, 0.15) is 17.2 Å². The summed E-state index contributed by atoms with van der Waals surface area (Å²) >= 11 is 1.58. The summed E-state index contributed by atoms with van der Waals surface area (Å²) in [6.07, 6.45) is 1.54. The second-order valence-corrected chi connectivity index (χ2v) is 8.47. The number of carbonyl (C=O) groups excluding carboxylic acids is 1. The maximum Gasteiger partial charge on any atom is 0.410 e. The molecule has 1 amide bonds. The molecule has 0 saturated carbocycles. The standard InChI is InChI=1S/C17H23N5O2S/c1-10-6-13(21-15-18-7-11(2)25-15)20-14(19-10)12-8-22(9-12)16(23)24-17(3,4)5/h6-7,12H,8-9H2,1-5H3,(H,18,19,20,21). The third kappa shape index (κ3) is 4.45. The van der Waals surface area contributed by atoms with E-state index < -0.39 is 5.60 Å². The Bertz CT molecular complexity index is 778. The van der Waals surface area contributed by atoms with Gasteiger partial charge < -0.3 is 15.0 Å². The first-order chi connectivity index (χ1) is 11.7. The van der Waals surface area contributed by atoms with Crippen molar-refractivity contribution in [3.8, 4) is 0 Å². The van der Waals surface area contributed by atoms with Gasteiger partial charge in [0.15, 0.2) is 5.13 Å². The van der Waals surface area contributed by atoms with Crippen LogP contribution in [0.3, 0.4) is 0 Å². The van der Waals surface area contributed by atoms with Crippen LogP contribution in [0, 0.1) is 13.8 Å². The summed E-state index contributed by atoms with van der Waals surface area (Å²) < 4.78 is 5.38. The van der Waals surface area contributed by atoms with Crippen molar-refractivity contribution in [2.75, 3.05) is 18.4 Å². The number of hydrogen-bond donors (Lipinski definition) is 1. The number of anilines is 2. The molecule has 1 aliphatic heterocycles. The molecule has 3 rings (SSSR count). The van der Waals surface area contributed by atoms with Crippen molar-refractivity contribution in [1.29, 1.82) is 0 Å². The number of nitrogens with zero attached hydrogens (tertiary/aromatic N) is 4. The number of amides is 1. The minimum atomic E-state index is -0.481. The highest BCUT2D eigenvalue weighted by Gasteiger charge is 2.36. The second kappa shape index (κ2) is 6.59. The lowest BCUT2D eigenvalue weighted by Gasteiger charge is -2.39. The van der Waals surface area contributed by atoms with E-state index in [-0.39, 0.29) is 12.0 Å². The van der Waals surface area contributed by atoms with Crippen molar-refractivity contribution >= 4 is 28.4 Å². The molecule has 2 aromatic heterocycles. The Kier molecular flexibility index (Phi) is 4.64. The maximum absolute atomic E-state index is 12.0. The number of rotatable bonds is 3. The minimum absolute atomic E-state index is 0.131. The molecule has 1 fully saturated rings. The van der Waals surface area contributed by atoms with Crippen LogP contribution in [0.5, 0.6) is 0 Å². The lowest BCUT2D eigenvalue weighted by Crippen LogP contribution is -2.50. The highest BCUT2D eigenvalue weighted by molar-refractivity contribution is 7.15. The quantitative estimate of drug-likeness (QED) is 0.899. The highest BCUT2D eigenvalue weighted by atomic mass is 32.1. The average molecular weight is 361 g/mol. The number of ether oxygens (including phenoxy) is 1. The predicted molar refractivity (Wildman–Crippen MR) is 97.5 cm³/mol. The lowest BCUT2D eigenvalue weighted by atomic mass is 10.00. The van der Waals surface area contributed by atoms with E-state index in [1.165, 1.54) is 0 Å². The Labute approximate surface area is 151 Å². The zero-order valence-corrected chi connectivity index (χ0v) is 16.0. The van der Waals surface area contributed by atoms with Crippen LogP contribution in [0.4, 0.5) is 15.7 Å². The summed E-state index contributed by atoms with van der Waals surface area (Å²) in [5, 5.41) is 4.04. The zero-order chi connectivity index (χ0) is 18.2. The molecular weight excluding hydrogens is 338 g/mol. The Morgan fingerprint density at radius 2 is 2.04 bits per heavy atom. The van der Waals surface area contributed by atoms with Gasteiger partial charge in [-0.15, -0.1) is 11.3 Å². The molecule has 0 unspecified atom stereocenters. The first-order valence-electron chi connectivity index (χ1n) is 8.22. The second-order valence-electron chi connectivity index (χ2n) is 7.24. The fourth-order valence-electron chi connectivity index (χ4n) is 2.48. The van der Waals surface area contributed by atoms with Gasteiger partial charge in [0, 0.05) is 35.9 Å². The minimum Gasteiger partial charge on any atom is -0.444 e. The van der Waals surface area contributed by atoms with Gasteiger partial charge in [0.05, 0.1) is 5.92 Å². The first kappa shape index (κ1) is 17.6. The van der Waals surface area contributed by atoms with E-state index in [0.29, 0.717) is 13.1 Å². The smallest absolute Gasteiger partial charge is 0.410 e. The fraction of sp³-hybridized carbons (Fsp3) is 0.529. The van der Waals surface area contributed by atoms with Crippen LogP contribution < -0.4 is 5.32 Å². The third-order valence-corrected chi connectivity index (χ3v) is 4.45. The molecule has 134 valence electrons. The third-order valence-electron chi connectivity index (χ3n) is 3.63. The molecule has 0 spiro atoms. The topological polar surface area (TPSA) is 80.2 Å². The summed E-state index contributed by atoms with van der Waals surface area (Å²) in [4.78, 5) is 28.3. The van der Waals surface area contributed by atoms with Crippen LogP contribution in [-0.2, 0) is 4.74 Å². The van der Waals surface area contributed by atoms with Gasteiger partial charge in [-0.05, 0) is 34.6 Å². The molecule has 0 atom stereocenters. The van der Waals surface area contributed by atoms with Gasteiger partial charge in [-0.1, -0.05) is 0 Å². The van der Waals surface area contributed by atoms with E-state index in [1.54, 1.807) is 16.2 Å². The predicted octanol–water partition coefficient (Wildman–Crippen LogP) is 3.63. The number of carbonyl (C=O) groups is 1. The number of thiazole rings is 1. The molecule has 2 aromatic rings. The monoisotopic (exact) mass is 361 g/mol. The van der Waals surface area contributed by atoms with Gasteiger partial charge in [0.25, 0.3) is 0 Å². The van der Waals surface area contributed by atoms with Crippen molar-refractivity contribution < 1.29 is 9.53 Å². The molecule has 0 aromatic carbocycles. The molecule has 0 bridgehead atoms. The molecule has 7 nitrogen and oxygen atoms in total. The van der Waals surface area contributed by atoms with Crippen LogP contribution >= 0.6 is 11.3 Å². The Morgan fingerprint density at radius 3 is 2.64 bits per heavy atom. The van der Waals surface area contributed by atoms with Gasteiger partial charge in [0.2, 0.25) is 0 Å². The average Bonchev–Trinajstić information content (AvgIpc) is 2.79. The maximum atomic E-state index is 12.0. The summed E-state index contributed by atoms with van der Waals surface area (Å²) in [6, 6.07) is 1.89. The molecule has 1 saturated heterocycles. The molecule has 3 heterocycles. The van der Waals surface area contributed by atoms with Gasteiger partial charge in [-0.25, -0.2) is 19.7 Å². The van der Waals surface area contributed by atoms with Crippen molar-refractivity contribution in [3.05, 3.63) is 28.7 Å². The molecule has 0 aliphatic carbocycles. The van der Waals surface area contributed by atoms with Crippen LogP contribution in [0.2, 0.25) is 0 Å². The molecule has 8 heteroatoms. The molecule has 25 heavy (non-hydrogen) atoms. The van der Waals surface area contributed by atoms with Crippen LogP contribution in [0.25, 0.3) is 0 Å². The van der Waals surface area contributed by atoms with E-state index in [4.69, 9.17) is 4.74 Å². The van der Waals surface area contributed by atoms with Crippen molar-refractivity contribution in [1.82, 2.24) is 19.9 Å². The van der Waals surface area contributed by atoms with E-state index in [1.807, 2.05) is 46.9 Å². The Morgan fingerprint density at radius 1 is 1.32 bits per heavy atom. The SMILES string of the molecule is Cc1cc(Nc2ncc(C)s2)nc(C2CN(C(=O)OC(C)(C)C)C2)n1. The summed E-state index contributed by atoms with van der Waals surface area (Å²) in [5.74, 6) is 1.61. The van der Waals surface area contributed by atoms with Crippen LogP contribution in [0.15, 0.2) is 12.3 Å². The lowest BCUT2D eigenvalue weighted by molar-refractivity contribution is 0.00753. The molecule has 0 radical (unpaired) electrons. The zero-order valence-electron chi connectivity index (χ0n) is 15.2. The largest absolute Gasteiger partial charge is 0.444 e. The molecular formula is C17H23N5O2S. The molecule has 1 N–H and O–H groups in total. The summed E-state index contributed by atoms with van der Waals surface area (Å²) in [7, 11) is 0. The highest BCUT2D eigenvalue weighted by Crippen LogP contribution is 2.28. The first-order valence-corrected chi connectivity index (χ1v) is 9.04. The van der Waals surface area contributed by atoms with Crippen molar-refractivity contribution in [2.24, 2.45) is 0 Å².